The van der Waals surface area contributed by atoms with Crippen molar-refractivity contribution < 1.29 is 0 Å². The minimum Gasteiger partial charge on any atom is -0.299 e. The summed E-state index contributed by atoms with van der Waals surface area (Å²) in [7, 11) is 0. The first-order valence-corrected chi connectivity index (χ1v) is 6.44. The molecule has 0 radical (unpaired) electrons. The van der Waals surface area contributed by atoms with Gasteiger partial charge in [-0.1, -0.05) is 36.2 Å². The summed E-state index contributed by atoms with van der Waals surface area (Å²) in [5.74, 6) is 0.847. The number of halogens is 1. The molecule has 3 atom stereocenters. The Morgan fingerprint density at radius 2 is 2.23 bits per heavy atom. The summed E-state index contributed by atoms with van der Waals surface area (Å²) in [6.07, 6.45) is 4.00. The Hall–Kier alpha value is 0.440. The van der Waals surface area contributed by atoms with E-state index in [0.717, 1.165) is 12.0 Å². The molecule has 0 aromatic carbocycles. The minimum atomic E-state index is 0.713. The number of nitrogens with zero attached hydrogens (tertiary/aromatic N) is 1. The van der Waals surface area contributed by atoms with E-state index in [2.05, 4.69) is 41.6 Å². The van der Waals surface area contributed by atoms with E-state index in [1.165, 1.54) is 32.4 Å². The number of hydrogen-bond donors (Lipinski definition) is 0. The maximum Gasteiger partial charge on any atom is 0.0299 e. The number of hydrogen-bond acceptors (Lipinski definition) is 1. The zero-order valence-corrected chi connectivity index (χ0v) is 10.7. The topological polar surface area (TPSA) is 3.24 Å². The Bertz CT molecular complexity index is 149. The SMILES string of the molecule is CCC(C)CN1CCCC(Br)C1C. The van der Waals surface area contributed by atoms with Gasteiger partial charge in [0, 0.05) is 17.4 Å². The quantitative estimate of drug-likeness (QED) is 0.693. The first-order chi connectivity index (χ1) is 6.15. The van der Waals surface area contributed by atoms with Crippen molar-refractivity contribution in [1.29, 1.82) is 0 Å². The number of likely N-dealkylation sites (tertiary alicyclic amines) is 1. The zero-order valence-electron chi connectivity index (χ0n) is 9.09. The largest absolute Gasteiger partial charge is 0.299 e. The maximum atomic E-state index is 3.76. The van der Waals surface area contributed by atoms with Crippen molar-refractivity contribution in [2.45, 2.75) is 50.9 Å². The summed E-state index contributed by atoms with van der Waals surface area (Å²) in [4.78, 5) is 3.35. The highest BCUT2D eigenvalue weighted by molar-refractivity contribution is 9.09. The van der Waals surface area contributed by atoms with Crippen LogP contribution in [0.5, 0.6) is 0 Å². The molecule has 78 valence electrons. The van der Waals surface area contributed by atoms with Gasteiger partial charge in [0.15, 0.2) is 0 Å². The molecule has 2 heteroatoms. The fourth-order valence-electron chi connectivity index (χ4n) is 1.95. The zero-order chi connectivity index (χ0) is 9.84. The van der Waals surface area contributed by atoms with Crippen molar-refractivity contribution in [2.75, 3.05) is 13.1 Å². The summed E-state index contributed by atoms with van der Waals surface area (Å²) < 4.78 is 0. The van der Waals surface area contributed by atoms with Crippen LogP contribution in [0, 0.1) is 5.92 Å². The highest BCUT2D eigenvalue weighted by Crippen LogP contribution is 2.24. The van der Waals surface area contributed by atoms with Crippen molar-refractivity contribution in [3.8, 4) is 0 Å². The van der Waals surface area contributed by atoms with E-state index in [1.807, 2.05) is 0 Å². The molecule has 1 rings (SSSR count). The Balaban J connectivity index is 2.39. The van der Waals surface area contributed by atoms with Crippen LogP contribution in [0.2, 0.25) is 0 Å². The van der Waals surface area contributed by atoms with Crippen molar-refractivity contribution in [2.24, 2.45) is 5.92 Å². The van der Waals surface area contributed by atoms with Gasteiger partial charge in [0.05, 0.1) is 0 Å². The molecule has 0 aromatic heterocycles. The molecule has 3 unspecified atom stereocenters. The number of alkyl halides is 1. The predicted molar refractivity (Wildman–Crippen MR) is 62.4 cm³/mol. The molecule has 1 aliphatic heterocycles. The van der Waals surface area contributed by atoms with Gasteiger partial charge in [-0.15, -0.1) is 0 Å². The van der Waals surface area contributed by atoms with Gasteiger partial charge in [0.1, 0.15) is 0 Å². The third kappa shape index (κ3) is 3.25. The van der Waals surface area contributed by atoms with E-state index in [4.69, 9.17) is 0 Å². The molecule has 0 amide bonds. The van der Waals surface area contributed by atoms with E-state index in [0.29, 0.717) is 4.83 Å². The fraction of sp³-hybridized carbons (Fsp3) is 1.00. The van der Waals surface area contributed by atoms with Gasteiger partial charge in [-0.25, -0.2) is 0 Å². The summed E-state index contributed by atoms with van der Waals surface area (Å²) in [6, 6.07) is 0.725. The molecular weight excluding hydrogens is 226 g/mol. The van der Waals surface area contributed by atoms with E-state index >= 15 is 0 Å². The van der Waals surface area contributed by atoms with Crippen LogP contribution in [0.25, 0.3) is 0 Å². The maximum absolute atomic E-state index is 3.76. The lowest BCUT2D eigenvalue weighted by Crippen LogP contribution is -2.45. The van der Waals surface area contributed by atoms with Crippen LogP contribution in [0.4, 0.5) is 0 Å². The lowest BCUT2D eigenvalue weighted by molar-refractivity contribution is 0.145. The standard InChI is InChI=1S/C11H22BrN/c1-4-9(2)8-13-7-5-6-11(12)10(13)3/h9-11H,4-8H2,1-3H3. The van der Waals surface area contributed by atoms with Gasteiger partial charge in [-0.05, 0) is 32.2 Å². The van der Waals surface area contributed by atoms with E-state index < -0.39 is 0 Å². The Morgan fingerprint density at radius 1 is 1.54 bits per heavy atom. The van der Waals surface area contributed by atoms with Crippen LogP contribution >= 0.6 is 15.9 Å². The van der Waals surface area contributed by atoms with Gasteiger partial charge in [0.2, 0.25) is 0 Å². The van der Waals surface area contributed by atoms with Gasteiger partial charge in [-0.3, -0.25) is 4.90 Å². The van der Waals surface area contributed by atoms with Gasteiger partial charge >= 0.3 is 0 Å². The first kappa shape index (κ1) is 11.5. The van der Waals surface area contributed by atoms with Gasteiger partial charge < -0.3 is 0 Å². The molecule has 0 spiro atoms. The molecule has 1 aliphatic rings. The fourth-order valence-corrected chi connectivity index (χ4v) is 2.61. The predicted octanol–water partition coefficient (Wildman–Crippen LogP) is 3.28. The smallest absolute Gasteiger partial charge is 0.0299 e. The second kappa shape index (κ2) is 5.35. The summed E-state index contributed by atoms with van der Waals surface area (Å²) in [5, 5.41) is 0. The molecule has 0 N–H and O–H groups in total. The van der Waals surface area contributed by atoms with Crippen molar-refractivity contribution >= 4 is 15.9 Å². The van der Waals surface area contributed by atoms with Crippen LogP contribution in [0.3, 0.4) is 0 Å². The van der Waals surface area contributed by atoms with E-state index in [-0.39, 0.29) is 0 Å². The molecule has 1 saturated heterocycles. The third-order valence-electron chi connectivity index (χ3n) is 3.27. The van der Waals surface area contributed by atoms with Crippen molar-refractivity contribution in [1.82, 2.24) is 4.90 Å². The van der Waals surface area contributed by atoms with Gasteiger partial charge in [-0.2, -0.15) is 0 Å². The normalized spacial score (nSPS) is 33.2. The molecular formula is C11H22BrN. The van der Waals surface area contributed by atoms with E-state index in [9.17, 15) is 0 Å². The molecule has 1 nitrogen and oxygen atoms in total. The second-order valence-corrected chi connectivity index (χ2v) is 5.58. The van der Waals surface area contributed by atoms with Crippen molar-refractivity contribution in [3.63, 3.8) is 0 Å². The highest BCUT2D eigenvalue weighted by atomic mass is 79.9. The monoisotopic (exact) mass is 247 g/mol. The summed E-state index contributed by atoms with van der Waals surface area (Å²) in [5.41, 5.74) is 0. The van der Waals surface area contributed by atoms with Crippen LogP contribution in [0.15, 0.2) is 0 Å². The lowest BCUT2D eigenvalue weighted by Gasteiger charge is -2.38. The second-order valence-electron chi connectivity index (χ2n) is 4.41. The molecule has 1 fully saturated rings. The van der Waals surface area contributed by atoms with Crippen LogP contribution < -0.4 is 0 Å². The molecule has 1 heterocycles. The van der Waals surface area contributed by atoms with Crippen LogP contribution in [-0.4, -0.2) is 28.9 Å². The van der Waals surface area contributed by atoms with Crippen LogP contribution in [-0.2, 0) is 0 Å². The average molecular weight is 248 g/mol. The Morgan fingerprint density at radius 3 is 2.85 bits per heavy atom. The van der Waals surface area contributed by atoms with Gasteiger partial charge in [0.25, 0.3) is 0 Å². The molecule has 0 saturated carbocycles. The Labute approximate surface area is 91.0 Å². The average Bonchev–Trinajstić information content (AvgIpc) is 2.13. The number of rotatable bonds is 3. The summed E-state index contributed by atoms with van der Waals surface area (Å²) in [6.45, 7) is 9.56. The molecule has 0 aliphatic carbocycles. The lowest BCUT2D eigenvalue weighted by atomic mass is 10.0. The summed E-state index contributed by atoms with van der Waals surface area (Å²) >= 11 is 3.76. The minimum absolute atomic E-state index is 0.713. The third-order valence-corrected chi connectivity index (χ3v) is 4.49. The first-order valence-electron chi connectivity index (χ1n) is 5.53. The van der Waals surface area contributed by atoms with Crippen LogP contribution in [0.1, 0.15) is 40.0 Å². The molecule has 0 aromatic rings. The molecule has 0 bridgehead atoms. The van der Waals surface area contributed by atoms with Crippen molar-refractivity contribution in [3.05, 3.63) is 0 Å². The number of piperidine rings is 1. The molecule has 13 heavy (non-hydrogen) atoms. The van der Waals surface area contributed by atoms with E-state index in [1.54, 1.807) is 0 Å². The Kier molecular flexibility index (Phi) is 4.74. The highest BCUT2D eigenvalue weighted by Gasteiger charge is 2.26.